The van der Waals surface area contributed by atoms with E-state index >= 15 is 0 Å². The molecule has 1 aromatic heterocycles. The number of aromatic nitrogens is 2. The van der Waals surface area contributed by atoms with E-state index in [2.05, 4.69) is 17.1 Å². The number of aromatic amines is 1. The highest BCUT2D eigenvalue weighted by molar-refractivity contribution is 5.28. The normalized spacial score (nSPS) is 18.7. The number of nitrogens with zero attached hydrogens (tertiary/aromatic N) is 1. The fourth-order valence-electron chi connectivity index (χ4n) is 2.58. The number of H-pyrrole nitrogens is 1. The zero-order valence-corrected chi connectivity index (χ0v) is 8.84. The Bertz CT molecular complexity index is 297. The molecule has 1 heterocycles. The third-order valence-corrected chi connectivity index (χ3v) is 3.28. The molecule has 0 amide bonds. The zero-order valence-electron chi connectivity index (χ0n) is 8.84. The highest BCUT2D eigenvalue weighted by Gasteiger charge is 2.21. The molecule has 0 spiro atoms. The molecular weight excluding hydrogens is 174 g/mol. The average Bonchev–Trinajstić information content (AvgIpc) is 2.61. The molecule has 0 radical (unpaired) electrons. The van der Waals surface area contributed by atoms with E-state index in [1.54, 1.807) is 0 Å². The Labute approximate surface area is 85.1 Å². The fourth-order valence-corrected chi connectivity index (χ4v) is 2.58. The van der Waals surface area contributed by atoms with Gasteiger partial charge in [0.15, 0.2) is 0 Å². The van der Waals surface area contributed by atoms with Crippen LogP contribution in [-0.4, -0.2) is 10.2 Å². The summed E-state index contributed by atoms with van der Waals surface area (Å²) in [6.07, 6.45) is 6.74. The van der Waals surface area contributed by atoms with Crippen molar-refractivity contribution in [2.45, 2.75) is 51.5 Å². The summed E-state index contributed by atoms with van der Waals surface area (Å²) in [6, 6.07) is 0. The Morgan fingerprint density at radius 2 is 2.07 bits per heavy atom. The molecule has 0 aliphatic heterocycles. The maximum Gasteiger partial charge on any atom is 0.0795 e. The van der Waals surface area contributed by atoms with E-state index in [-0.39, 0.29) is 0 Å². The van der Waals surface area contributed by atoms with Gasteiger partial charge >= 0.3 is 0 Å². The van der Waals surface area contributed by atoms with E-state index in [1.807, 2.05) is 0 Å². The van der Waals surface area contributed by atoms with Gasteiger partial charge in [0.1, 0.15) is 0 Å². The van der Waals surface area contributed by atoms with Gasteiger partial charge in [0.05, 0.1) is 5.69 Å². The van der Waals surface area contributed by atoms with Gasteiger partial charge in [-0.05, 0) is 25.7 Å². The van der Waals surface area contributed by atoms with E-state index in [9.17, 15) is 0 Å². The lowest BCUT2D eigenvalue weighted by Gasteiger charge is -2.22. The van der Waals surface area contributed by atoms with E-state index in [4.69, 9.17) is 5.73 Å². The number of hydrogen-bond donors (Lipinski definition) is 2. The largest absolute Gasteiger partial charge is 0.325 e. The van der Waals surface area contributed by atoms with Crippen LogP contribution in [0.25, 0.3) is 0 Å². The van der Waals surface area contributed by atoms with Crippen molar-refractivity contribution in [1.29, 1.82) is 0 Å². The Morgan fingerprint density at radius 3 is 2.71 bits per heavy atom. The van der Waals surface area contributed by atoms with Crippen LogP contribution in [0.3, 0.4) is 0 Å². The first-order valence-corrected chi connectivity index (χ1v) is 5.56. The number of hydrogen-bond acceptors (Lipinski definition) is 2. The van der Waals surface area contributed by atoms with Crippen molar-refractivity contribution in [3.63, 3.8) is 0 Å². The van der Waals surface area contributed by atoms with Gasteiger partial charge in [0.25, 0.3) is 0 Å². The smallest absolute Gasteiger partial charge is 0.0795 e. The third-order valence-electron chi connectivity index (χ3n) is 3.28. The zero-order chi connectivity index (χ0) is 9.97. The highest BCUT2D eigenvalue weighted by Crippen LogP contribution is 2.35. The van der Waals surface area contributed by atoms with Gasteiger partial charge in [-0.1, -0.05) is 19.3 Å². The Balaban J connectivity index is 2.23. The van der Waals surface area contributed by atoms with E-state index in [0.717, 1.165) is 5.69 Å². The van der Waals surface area contributed by atoms with Crippen LogP contribution in [0.5, 0.6) is 0 Å². The quantitative estimate of drug-likeness (QED) is 0.756. The van der Waals surface area contributed by atoms with Crippen LogP contribution < -0.4 is 5.73 Å². The molecule has 0 atom stereocenters. The summed E-state index contributed by atoms with van der Waals surface area (Å²) >= 11 is 0. The molecule has 1 aliphatic carbocycles. The van der Waals surface area contributed by atoms with Crippen LogP contribution >= 0.6 is 0 Å². The molecule has 1 fully saturated rings. The first-order valence-electron chi connectivity index (χ1n) is 5.56. The van der Waals surface area contributed by atoms with Crippen molar-refractivity contribution in [1.82, 2.24) is 10.2 Å². The van der Waals surface area contributed by atoms with Crippen molar-refractivity contribution in [3.8, 4) is 0 Å². The minimum absolute atomic E-state index is 0.566. The predicted octanol–water partition coefficient (Wildman–Crippen LogP) is 2.22. The standard InChI is InChI=1S/C11H19N3/c1-8-11(10(7-12)14-13-8)9-5-3-2-4-6-9/h9H,2-7,12H2,1H3,(H,13,14). The molecule has 1 aliphatic rings. The van der Waals surface area contributed by atoms with Crippen LogP contribution in [0.1, 0.15) is 55.0 Å². The molecule has 3 heteroatoms. The lowest BCUT2D eigenvalue weighted by atomic mass is 9.83. The summed E-state index contributed by atoms with van der Waals surface area (Å²) in [5.41, 5.74) is 9.40. The lowest BCUT2D eigenvalue weighted by Crippen LogP contribution is -2.09. The maximum atomic E-state index is 5.69. The predicted molar refractivity (Wildman–Crippen MR) is 57.0 cm³/mol. The van der Waals surface area contributed by atoms with Crippen molar-refractivity contribution < 1.29 is 0 Å². The van der Waals surface area contributed by atoms with E-state index in [1.165, 1.54) is 43.4 Å². The van der Waals surface area contributed by atoms with Crippen molar-refractivity contribution in [2.75, 3.05) is 0 Å². The first kappa shape index (κ1) is 9.71. The molecule has 14 heavy (non-hydrogen) atoms. The lowest BCUT2D eigenvalue weighted by molar-refractivity contribution is 0.440. The second-order valence-corrected chi connectivity index (χ2v) is 4.25. The number of nitrogens with two attached hydrogens (primary N) is 1. The van der Waals surface area contributed by atoms with Gasteiger partial charge in [-0.25, -0.2) is 0 Å². The van der Waals surface area contributed by atoms with Crippen molar-refractivity contribution in [2.24, 2.45) is 5.73 Å². The van der Waals surface area contributed by atoms with Gasteiger partial charge in [0, 0.05) is 17.8 Å². The molecule has 1 saturated carbocycles. The van der Waals surface area contributed by atoms with Gasteiger partial charge in [-0.2, -0.15) is 5.10 Å². The van der Waals surface area contributed by atoms with E-state index < -0.39 is 0 Å². The van der Waals surface area contributed by atoms with Gasteiger partial charge in [-0.15, -0.1) is 0 Å². The molecule has 78 valence electrons. The molecule has 0 saturated heterocycles. The minimum Gasteiger partial charge on any atom is -0.325 e. The summed E-state index contributed by atoms with van der Waals surface area (Å²) in [5, 5.41) is 7.31. The van der Waals surface area contributed by atoms with Crippen LogP contribution in [-0.2, 0) is 6.54 Å². The maximum absolute atomic E-state index is 5.69. The SMILES string of the molecule is Cc1[nH]nc(CN)c1C1CCCCC1. The molecule has 1 aromatic rings. The average molecular weight is 193 g/mol. The molecule has 0 aromatic carbocycles. The summed E-state index contributed by atoms with van der Waals surface area (Å²) in [4.78, 5) is 0. The minimum atomic E-state index is 0.566. The number of rotatable bonds is 2. The summed E-state index contributed by atoms with van der Waals surface area (Å²) in [6.45, 7) is 2.67. The van der Waals surface area contributed by atoms with Crippen LogP contribution in [0.15, 0.2) is 0 Å². The Kier molecular flexibility index (Phi) is 2.87. The first-order chi connectivity index (χ1) is 6.83. The van der Waals surface area contributed by atoms with Crippen molar-refractivity contribution >= 4 is 0 Å². The van der Waals surface area contributed by atoms with Crippen LogP contribution in [0, 0.1) is 6.92 Å². The molecule has 0 unspecified atom stereocenters. The molecule has 0 bridgehead atoms. The molecular formula is C11H19N3. The number of nitrogens with one attached hydrogen (secondary N) is 1. The van der Waals surface area contributed by atoms with Crippen molar-refractivity contribution in [3.05, 3.63) is 17.0 Å². The van der Waals surface area contributed by atoms with Crippen LogP contribution in [0.4, 0.5) is 0 Å². The Hall–Kier alpha value is -0.830. The number of aryl methyl sites for hydroxylation is 1. The second-order valence-electron chi connectivity index (χ2n) is 4.25. The Morgan fingerprint density at radius 1 is 1.36 bits per heavy atom. The summed E-state index contributed by atoms with van der Waals surface area (Å²) in [5.74, 6) is 0.709. The third kappa shape index (κ3) is 1.69. The van der Waals surface area contributed by atoms with Gasteiger partial charge in [0.2, 0.25) is 0 Å². The van der Waals surface area contributed by atoms with Gasteiger partial charge < -0.3 is 5.73 Å². The van der Waals surface area contributed by atoms with Gasteiger partial charge in [-0.3, -0.25) is 5.10 Å². The van der Waals surface area contributed by atoms with Crippen LogP contribution in [0.2, 0.25) is 0 Å². The molecule has 2 rings (SSSR count). The molecule has 3 N–H and O–H groups in total. The van der Waals surface area contributed by atoms with E-state index in [0.29, 0.717) is 12.5 Å². The monoisotopic (exact) mass is 193 g/mol. The highest BCUT2D eigenvalue weighted by atomic mass is 15.1. The molecule has 3 nitrogen and oxygen atoms in total. The fraction of sp³-hybridized carbons (Fsp3) is 0.727. The summed E-state index contributed by atoms with van der Waals surface area (Å²) < 4.78 is 0. The topological polar surface area (TPSA) is 54.7 Å². The second kappa shape index (κ2) is 4.13. The summed E-state index contributed by atoms with van der Waals surface area (Å²) in [7, 11) is 0.